The normalized spacial score (nSPS) is 11.0. The number of methoxy groups -OCH3 is 6. The molecule has 0 aliphatic rings. The lowest BCUT2D eigenvalue weighted by molar-refractivity contribution is -0.147. The van der Waals surface area contributed by atoms with Crippen molar-refractivity contribution in [2.24, 2.45) is 0 Å². The highest BCUT2D eigenvalue weighted by molar-refractivity contribution is 5.72. The van der Waals surface area contributed by atoms with Crippen LogP contribution in [0.5, 0.6) is 34.5 Å². The maximum absolute atomic E-state index is 13.1. The van der Waals surface area contributed by atoms with E-state index in [0.29, 0.717) is 73.9 Å². The van der Waals surface area contributed by atoms with E-state index >= 15 is 0 Å². The Morgan fingerprint density at radius 2 is 0.808 bits per heavy atom. The minimum Gasteiger partial charge on any atom is -0.493 e. The second-order valence-corrected chi connectivity index (χ2v) is 12.8. The Balaban J connectivity index is 2.32. The molecular weight excluding hydrogens is 668 g/mol. The molecule has 0 saturated carbocycles. The predicted molar refractivity (Wildman–Crippen MR) is 202 cm³/mol. The molecule has 0 amide bonds. The van der Waals surface area contributed by atoms with Crippen LogP contribution in [0.3, 0.4) is 0 Å². The van der Waals surface area contributed by atoms with Crippen molar-refractivity contribution >= 4 is 11.9 Å². The maximum atomic E-state index is 13.1. The van der Waals surface area contributed by atoms with E-state index < -0.39 is 0 Å². The Labute approximate surface area is 311 Å². The molecule has 12 nitrogen and oxygen atoms in total. The molecule has 0 bridgehead atoms. The van der Waals surface area contributed by atoms with Crippen molar-refractivity contribution in [1.29, 1.82) is 0 Å². The number of hydrogen-bond acceptors (Lipinski definition) is 12. The van der Waals surface area contributed by atoms with Gasteiger partial charge in [0.2, 0.25) is 11.5 Å². The van der Waals surface area contributed by atoms with E-state index in [1.165, 1.54) is 12.8 Å². The van der Waals surface area contributed by atoms with Crippen LogP contribution in [0, 0.1) is 0 Å². The number of rotatable bonds is 29. The molecule has 294 valence electrons. The van der Waals surface area contributed by atoms with Crippen molar-refractivity contribution in [3.63, 3.8) is 0 Å². The first-order valence-electron chi connectivity index (χ1n) is 18.6. The summed E-state index contributed by atoms with van der Waals surface area (Å²) in [6, 6.07) is 7.50. The lowest BCUT2D eigenvalue weighted by atomic mass is 10.1. The van der Waals surface area contributed by atoms with Crippen molar-refractivity contribution in [1.82, 2.24) is 9.80 Å². The molecule has 12 heteroatoms. The minimum atomic E-state index is -0.304. The van der Waals surface area contributed by atoms with Crippen LogP contribution in [0.2, 0.25) is 0 Å². The first-order valence-corrected chi connectivity index (χ1v) is 18.6. The summed E-state index contributed by atoms with van der Waals surface area (Å²) in [5.74, 6) is 2.45. The van der Waals surface area contributed by atoms with Gasteiger partial charge in [0, 0.05) is 26.2 Å². The van der Waals surface area contributed by atoms with Gasteiger partial charge in [-0.15, -0.1) is 0 Å². The Hall–Kier alpha value is -3.90. The number of carbonyl (C=O) groups is 2. The highest BCUT2D eigenvalue weighted by atomic mass is 16.5. The quantitative estimate of drug-likeness (QED) is 0.0630. The first kappa shape index (κ1) is 44.3. The molecule has 0 aliphatic heterocycles. The summed E-state index contributed by atoms with van der Waals surface area (Å²) >= 11 is 0. The van der Waals surface area contributed by atoms with Crippen LogP contribution in [0.15, 0.2) is 24.3 Å². The molecule has 52 heavy (non-hydrogen) atoms. The van der Waals surface area contributed by atoms with Gasteiger partial charge < -0.3 is 37.9 Å². The number of hydrogen-bond donors (Lipinski definition) is 0. The first-order chi connectivity index (χ1) is 25.3. The molecule has 0 unspecified atom stereocenters. The van der Waals surface area contributed by atoms with Crippen LogP contribution in [-0.2, 0) is 32.2 Å². The number of esters is 2. The third-order valence-electron chi connectivity index (χ3n) is 8.72. The van der Waals surface area contributed by atoms with Gasteiger partial charge in [-0.05, 0) is 48.2 Å². The van der Waals surface area contributed by atoms with Crippen LogP contribution < -0.4 is 28.4 Å². The molecule has 0 heterocycles. The van der Waals surface area contributed by atoms with E-state index in [1.807, 2.05) is 34.1 Å². The number of ether oxygens (including phenoxy) is 8. The zero-order valence-corrected chi connectivity index (χ0v) is 33.0. The van der Waals surface area contributed by atoms with Gasteiger partial charge in [0.05, 0.1) is 69.0 Å². The van der Waals surface area contributed by atoms with Gasteiger partial charge in [0.15, 0.2) is 23.0 Å². The zero-order valence-electron chi connectivity index (χ0n) is 33.0. The van der Waals surface area contributed by atoms with Gasteiger partial charge in [-0.2, -0.15) is 0 Å². The third-order valence-corrected chi connectivity index (χ3v) is 8.72. The van der Waals surface area contributed by atoms with Crippen LogP contribution >= 0.6 is 0 Å². The molecular formula is C40H64N2O10. The van der Waals surface area contributed by atoms with Crippen LogP contribution in [0.4, 0.5) is 0 Å². The van der Waals surface area contributed by atoms with E-state index in [0.717, 1.165) is 62.5 Å². The van der Waals surface area contributed by atoms with Crippen molar-refractivity contribution < 1.29 is 47.5 Å². The highest BCUT2D eigenvalue weighted by Gasteiger charge is 2.21. The fraction of sp³-hybridized carbons (Fsp3) is 0.650. The maximum Gasteiger partial charge on any atom is 0.320 e. The van der Waals surface area contributed by atoms with Gasteiger partial charge in [0.25, 0.3) is 0 Å². The average molecular weight is 733 g/mol. The Kier molecular flexibility index (Phi) is 22.1. The molecule has 0 saturated heterocycles. The zero-order chi connectivity index (χ0) is 38.1. The van der Waals surface area contributed by atoms with Crippen molar-refractivity contribution in [3.8, 4) is 34.5 Å². The number of nitrogens with zero attached hydrogens (tertiary/aromatic N) is 2. The fourth-order valence-corrected chi connectivity index (χ4v) is 5.92. The Morgan fingerprint density at radius 3 is 1.10 bits per heavy atom. The second-order valence-electron chi connectivity index (χ2n) is 12.8. The molecule has 0 N–H and O–H groups in total. The summed E-state index contributed by atoms with van der Waals surface area (Å²) in [5.41, 5.74) is 1.72. The summed E-state index contributed by atoms with van der Waals surface area (Å²) in [6.45, 7) is 6.91. The molecule has 2 aromatic rings. The van der Waals surface area contributed by atoms with E-state index in [-0.39, 0.29) is 25.0 Å². The van der Waals surface area contributed by atoms with E-state index in [1.54, 1.807) is 42.7 Å². The van der Waals surface area contributed by atoms with Gasteiger partial charge in [-0.25, -0.2) is 0 Å². The average Bonchev–Trinajstić information content (AvgIpc) is 3.15. The van der Waals surface area contributed by atoms with Gasteiger partial charge in [-0.3, -0.25) is 19.4 Å². The smallest absolute Gasteiger partial charge is 0.320 e. The largest absolute Gasteiger partial charge is 0.493 e. The molecule has 0 spiro atoms. The molecule has 0 fully saturated rings. The SMILES string of the molecule is CCCCCCCOC(=O)CN(CCN(CC(=O)OCCCCCCC)Cc1cc(OC)c(OC)c(OC)c1)Cc1cc(OC)c(OC)c(OC)c1. The Bertz CT molecular complexity index is 1170. The summed E-state index contributed by atoms with van der Waals surface area (Å²) in [5, 5.41) is 0. The molecule has 0 radical (unpaired) electrons. The summed E-state index contributed by atoms with van der Waals surface area (Å²) < 4.78 is 44.7. The van der Waals surface area contributed by atoms with Crippen molar-refractivity contribution in [2.75, 3.05) is 82.1 Å². The minimum absolute atomic E-state index is 0.0614. The lowest BCUT2D eigenvalue weighted by Gasteiger charge is -2.27. The fourth-order valence-electron chi connectivity index (χ4n) is 5.92. The molecule has 0 aromatic heterocycles. The standard InChI is InChI=1S/C40H64N2O10/c1-9-11-13-15-17-21-51-37(43)29-41(27-31-23-33(45-3)39(49-7)34(24-31)46-4)19-20-42(30-38(44)52-22-18-16-14-12-10-2)28-32-25-35(47-5)40(50-8)36(26-32)48-6/h23-26H,9-22,27-30H2,1-8H3. The van der Waals surface area contributed by atoms with Crippen LogP contribution in [-0.4, -0.2) is 104 Å². The monoisotopic (exact) mass is 732 g/mol. The van der Waals surface area contributed by atoms with Crippen molar-refractivity contribution in [3.05, 3.63) is 35.4 Å². The van der Waals surface area contributed by atoms with Crippen molar-refractivity contribution in [2.45, 2.75) is 91.1 Å². The van der Waals surface area contributed by atoms with Gasteiger partial charge >= 0.3 is 11.9 Å². The molecule has 0 atom stereocenters. The van der Waals surface area contributed by atoms with Gasteiger partial charge in [0.1, 0.15) is 0 Å². The topological polar surface area (TPSA) is 114 Å². The molecule has 2 aromatic carbocycles. The Morgan fingerprint density at radius 1 is 0.481 bits per heavy atom. The molecule has 0 aliphatic carbocycles. The number of unbranched alkanes of at least 4 members (excludes halogenated alkanes) is 8. The van der Waals surface area contributed by atoms with Crippen LogP contribution in [0.25, 0.3) is 0 Å². The molecule has 2 rings (SSSR count). The van der Waals surface area contributed by atoms with E-state index in [4.69, 9.17) is 37.9 Å². The number of carbonyl (C=O) groups excluding carboxylic acids is 2. The van der Waals surface area contributed by atoms with E-state index in [9.17, 15) is 9.59 Å². The highest BCUT2D eigenvalue weighted by Crippen LogP contribution is 2.39. The lowest BCUT2D eigenvalue weighted by Crippen LogP contribution is -2.40. The van der Waals surface area contributed by atoms with E-state index in [2.05, 4.69) is 13.8 Å². The predicted octanol–water partition coefficient (Wildman–Crippen LogP) is 7.07. The summed E-state index contributed by atoms with van der Waals surface area (Å²) in [6.07, 6.45) is 10.7. The third kappa shape index (κ3) is 15.8. The van der Waals surface area contributed by atoms with Crippen LogP contribution in [0.1, 0.15) is 89.2 Å². The number of benzene rings is 2. The summed E-state index contributed by atoms with van der Waals surface area (Å²) in [7, 11) is 9.41. The van der Waals surface area contributed by atoms with Gasteiger partial charge in [-0.1, -0.05) is 65.2 Å². The second kappa shape index (κ2) is 26.0. The summed E-state index contributed by atoms with van der Waals surface area (Å²) in [4.78, 5) is 30.3.